The first-order valence-electron chi connectivity index (χ1n) is 13.6. The summed E-state index contributed by atoms with van der Waals surface area (Å²) < 4.78 is 59.9. The Morgan fingerprint density at radius 2 is 1.63 bits per heavy atom. The molecule has 1 aliphatic carbocycles. The van der Waals surface area contributed by atoms with E-state index in [1.165, 1.54) is 42.5 Å². The fourth-order valence-electron chi connectivity index (χ4n) is 4.89. The van der Waals surface area contributed by atoms with E-state index < -0.39 is 18.3 Å². The molecule has 1 aliphatic rings. The second kappa shape index (κ2) is 13.6. The van der Waals surface area contributed by atoms with Crippen LogP contribution in [0.15, 0.2) is 65.1 Å². The van der Waals surface area contributed by atoms with Gasteiger partial charge >= 0.3 is 6.36 Å². The van der Waals surface area contributed by atoms with Gasteiger partial charge in [-0.05, 0) is 79.9 Å². The Morgan fingerprint density at radius 3 is 2.29 bits per heavy atom. The fourth-order valence-corrected chi connectivity index (χ4v) is 4.89. The Labute approximate surface area is 235 Å². The van der Waals surface area contributed by atoms with Gasteiger partial charge in [-0.3, -0.25) is 9.59 Å². The lowest BCUT2D eigenvalue weighted by molar-refractivity contribution is -0.274. The number of carbonyl (C=O) groups is 2. The van der Waals surface area contributed by atoms with E-state index >= 15 is 0 Å². The average molecular weight is 576 g/mol. The summed E-state index contributed by atoms with van der Waals surface area (Å²) in [5, 5.41) is 8.82. The van der Waals surface area contributed by atoms with Crippen molar-refractivity contribution in [3.8, 4) is 17.1 Å². The van der Waals surface area contributed by atoms with Gasteiger partial charge in [-0.25, -0.2) is 4.39 Å². The molecule has 41 heavy (non-hydrogen) atoms. The second-order valence-electron chi connectivity index (χ2n) is 10.3. The third-order valence-electron chi connectivity index (χ3n) is 6.96. The molecule has 0 saturated heterocycles. The monoisotopic (exact) mass is 575 g/mol. The number of alkyl halides is 3. The topological polar surface area (TPSA) is 92.6 Å². The highest BCUT2D eigenvalue weighted by Crippen LogP contribution is 2.28. The summed E-state index contributed by atoms with van der Waals surface area (Å²) in [7, 11) is 0. The number of halogens is 4. The van der Waals surface area contributed by atoms with Crippen LogP contribution in [0, 0.1) is 11.7 Å². The molecular formula is C30H33F4N3O4. The summed E-state index contributed by atoms with van der Waals surface area (Å²) in [5.74, 6) is -0.824. The van der Waals surface area contributed by atoms with Crippen LogP contribution in [0.5, 0.6) is 5.75 Å². The number of hydrogen-bond acceptors (Lipinski definition) is 5. The van der Waals surface area contributed by atoms with Crippen molar-refractivity contribution in [3.05, 3.63) is 72.2 Å². The zero-order chi connectivity index (χ0) is 29.4. The van der Waals surface area contributed by atoms with Crippen molar-refractivity contribution in [1.29, 1.82) is 0 Å². The van der Waals surface area contributed by atoms with Crippen LogP contribution >= 0.6 is 0 Å². The lowest BCUT2D eigenvalue weighted by Gasteiger charge is -2.27. The molecular weight excluding hydrogens is 542 g/mol. The minimum Gasteiger partial charge on any atom is -0.451 e. The Morgan fingerprint density at radius 1 is 0.951 bits per heavy atom. The average Bonchev–Trinajstić information content (AvgIpc) is 3.43. The molecule has 0 bridgehead atoms. The third kappa shape index (κ3) is 9.26. The van der Waals surface area contributed by atoms with Gasteiger partial charge in [-0.15, -0.1) is 13.2 Å². The SMILES string of the molecule is C[C@@H](CNc1ccc(OC(F)(F)F)cc1)NC(=O)[C@H](CC1CCCCC1)NC(=O)c1ccc(-c2ccc(F)cc2)o1. The van der Waals surface area contributed by atoms with Crippen molar-refractivity contribution < 1.29 is 36.3 Å². The summed E-state index contributed by atoms with van der Waals surface area (Å²) in [5.41, 5.74) is 1.17. The van der Waals surface area contributed by atoms with Crippen molar-refractivity contribution in [3.63, 3.8) is 0 Å². The van der Waals surface area contributed by atoms with Gasteiger partial charge < -0.3 is 25.1 Å². The summed E-state index contributed by atoms with van der Waals surface area (Å²) >= 11 is 0. The van der Waals surface area contributed by atoms with E-state index in [1.54, 1.807) is 25.1 Å². The van der Waals surface area contributed by atoms with Crippen molar-refractivity contribution in [2.24, 2.45) is 5.92 Å². The van der Waals surface area contributed by atoms with Crippen molar-refractivity contribution >= 4 is 17.5 Å². The Kier molecular flexibility index (Phi) is 9.91. The van der Waals surface area contributed by atoms with E-state index in [0.29, 0.717) is 35.9 Å². The van der Waals surface area contributed by atoms with Crippen LogP contribution in [-0.2, 0) is 4.79 Å². The number of carbonyl (C=O) groups excluding carboxylic acids is 2. The minimum absolute atomic E-state index is 0.0402. The van der Waals surface area contributed by atoms with Crippen LogP contribution in [0.1, 0.15) is 56.0 Å². The number of nitrogens with one attached hydrogen (secondary N) is 3. The highest BCUT2D eigenvalue weighted by atomic mass is 19.4. The number of amides is 2. The fraction of sp³-hybridized carbons (Fsp3) is 0.400. The first-order valence-corrected chi connectivity index (χ1v) is 13.6. The molecule has 1 aromatic heterocycles. The number of benzene rings is 2. The molecule has 3 aromatic rings. The third-order valence-corrected chi connectivity index (χ3v) is 6.96. The highest BCUT2D eigenvalue weighted by molar-refractivity contribution is 5.96. The Hall–Kier alpha value is -4.02. The predicted molar refractivity (Wildman–Crippen MR) is 146 cm³/mol. The minimum atomic E-state index is -4.76. The number of rotatable bonds is 11. The van der Waals surface area contributed by atoms with Crippen molar-refractivity contribution in [2.75, 3.05) is 11.9 Å². The van der Waals surface area contributed by atoms with Crippen LogP contribution in [0.25, 0.3) is 11.3 Å². The summed E-state index contributed by atoms with van der Waals surface area (Å²) in [6.45, 7) is 2.08. The standard InChI is InChI=1S/C30H33F4N3O4/c1-19(18-35-23-11-13-24(14-12-23)41-30(32,33)34)36-28(38)25(17-20-5-3-2-4-6-20)37-29(39)27-16-15-26(40-27)21-7-9-22(31)10-8-21/h7-16,19-20,25,35H,2-6,17-18H2,1H3,(H,36,38)(H,37,39)/t19-,25-/m0/s1. The van der Waals surface area contributed by atoms with Gasteiger partial charge in [0.1, 0.15) is 23.4 Å². The van der Waals surface area contributed by atoms with Crippen molar-refractivity contribution in [1.82, 2.24) is 10.6 Å². The van der Waals surface area contributed by atoms with E-state index in [0.717, 1.165) is 32.1 Å². The van der Waals surface area contributed by atoms with Crippen LogP contribution in [0.3, 0.4) is 0 Å². The van der Waals surface area contributed by atoms with E-state index in [1.807, 2.05) is 0 Å². The van der Waals surface area contributed by atoms with E-state index in [9.17, 15) is 27.2 Å². The molecule has 4 rings (SSSR count). The van der Waals surface area contributed by atoms with Crippen LogP contribution in [0.2, 0.25) is 0 Å². The molecule has 7 nitrogen and oxygen atoms in total. The first-order chi connectivity index (χ1) is 19.6. The molecule has 2 amide bonds. The van der Waals surface area contributed by atoms with Gasteiger partial charge in [0.05, 0.1) is 0 Å². The molecule has 2 atom stereocenters. The maximum Gasteiger partial charge on any atom is 0.573 e. The van der Waals surface area contributed by atoms with Gasteiger partial charge in [0.25, 0.3) is 5.91 Å². The Bertz CT molecular complexity index is 1290. The molecule has 0 radical (unpaired) electrons. The van der Waals surface area contributed by atoms with E-state index in [-0.39, 0.29) is 29.3 Å². The first kappa shape index (κ1) is 30.0. The number of hydrogen-bond donors (Lipinski definition) is 3. The zero-order valence-corrected chi connectivity index (χ0v) is 22.6. The molecule has 3 N–H and O–H groups in total. The smallest absolute Gasteiger partial charge is 0.451 e. The molecule has 1 fully saturated rings. The van der Waals surface area contributed by atoms with Gasteiger partial charge in [0, 0.05) is 23.8 Å². The molecule has 220 valence electrons. The molecule has 2 aromatic carbocycles. The molecule has 0 aliphatic heterocycles. The number of furan rings is 1. The zero-order valence-electron chi connectivity index (χ0n) is 22.6. The maximum absolute atomic E-state index is 13.3. The summed E-state index contributed by atoms with van der Waals surface area (Å²) in [4.78, 5) is 26.4. The largest absolute Gasteiger partial charge is 0.573 e. The maximum atomic E-state index is 13.3. The van der Waals surface area contributed by atoms with Crippen molar-refractivity contribution in [2.45, 2.75) is 63.9 Å². The molecule has 11 heteroatoms. The molecule has 0 unspecified atom stereocenters. The van der Waals surface area contributed by atoms with E-state index in [4.69, 9.17) is 4.42 Å². The van der Waals surface area contributed by atoms with E-state index in [2.05, 4.69) is 20.7 Å². The second-order valence-corrected chi connectivity index (χ2v) is 10.3. The molecule has 0 spiro atoms. The van der Waals surface area contributed by atoms with Gasteiger partial charge in [-0.1, -0.05) is 32.1 Å². The summed E-state index contributed by atoms with van der Waals surface area (Å²) in [6.07, 6.45) is 1.02. The van der Waals surface area contributed by atoms with Crippen LogP contribution in [0.4, 0.5) is 23.2 Å². The van der Waals surface area contributed by atoms with Crippen LogP contribution < -0.4 is 20.7 Å². The van der Waals surface area contributed by atoms with Gasteiger partial charge in [-0.2, -0.15) is 0 Å². The lowest BCUT2D eigenvalue weighted by Crippen LogP contribution is -2.51. The normalized spacial score (nSPS) is 15.5. The lowest BCUT2D eigenvalue weighted by atomic mass is 9.84. The quantitative estimate of drug-likeness (QED) is 0.222. The van der Waals surface area contributed by atoms with Gasteiger partial charge in [0.2, 0.25) is 5.91 Å². The number of anilines is 1. The molecule has 1 heterocycles. The highest BCUT2D eigenvalue weighted by Gasteiger charge is 2.31. The van der Waals surface area contributed by atoms with Gasteiger partial charge in [0.15, 0.2) is 5.76 Å². The molecule has 1 saturated carbocycles. The van der Waals surface area contributed by atoms with Crippen LogP contribution in [-0.4, -0.2) is 36.8 Å². The summed E-state index contributed by atoms with van der Waals surface area (Å²) in [6, 6.07) is 13.0. The number of ether oxygens (including phenoxy) is 1. The predicted octanol–water partition coefficient (Wildman–Crippen LogP) is 6.67. The Balaban J connectivity index is 1.36.